The average molecular weight is 140 g/mol. The molecule has 0 unspecified atom stereocenters. The summed E-state index contributed by atoms with van der Waals surface area (Å²) < 4.78 is 0.579. The van der Waals surface area contributed by atoms with Crippen LogP contribution in [0, 0.1) is 5.21 Å². The molecule has 0 aliphatic carbocycles. The molecule has 0 spiro atoms. The molecule has 1 heterocycles. The van der Waals surface area contributed by atoms with E-state index >= 15 is 0 Å². The summed E-state index contributed by atoms with van der Waals surface area (Å²) in [5.41, 5.74) is 5.63. The smallest absolute Gasteiger partial charge is 0.391 e. The van der Waals surface area contributed by atoms with Crippen LogP contribution in [0.2, 0.25) is 0 Å². The first-order valence-electron chi connectivity index (χ1n) is 2.76. The number of nitrogens with one attached hydrogen (secondary N) is 1. The largest absolute Gasteiger partial charge is 0.740 e. The molecule has 10 heavy (non-hydrogen) atoms. The number of nitrogens with zero attached hydrogens (tertiary/aromatic N) is 2. The molecule has 0 bridgehead atoms. The van der Waals surface area contributed by atoms with Crippen molar-refractivity contribution in [2.24, 2.45) is 0 Å². The quantitative estimate of drug-likeness (QED) is 0.401. The maximum Gasteiger partial charge on any atom is 0.391 e. The van der Waals surface area contributed by atoms with Gasteiger partial charge in [-0.2, -0.15) is 0 Å². The van der Waals surface area contributed by atoms with Crippen LogP contribution in [0.15, 0.2) is 12.4 Å². The lowest BCUT2D eigenvalue weighted by atomic mass is 10.6. The molecule has 1 aromatic rings. The molecule has 5 heteroatoms. The summed E-state index contributed by atoms with van der Waals surface area (Å²) in [5.74, 6) is 0.245. The Morgan fingerprint density at radius 3 is 3.00 bits per heavy atom. The molecular formula is C5H8N4O. The Morgan fingerprint density at radius 2 is 2.50 bits per heavy atom. The van der Waals surface area contributed by atoms with Gasteiger partial charge in [0, 0.05) is 0 Å². The van der Waals surface area contributed by atoms with Crippen LogP contribution in [0.25, 0.3) is 0 Å². The molecule has 54 valence electrons. The first kappa shape index (κ1) is 6.60. The number of nitrogen functional groups attached to an aromatic ring is 1. The van der Waals surface area contributed by atoms with E-state index in [0.717, 1.165) is 0 Å². The van der Waals surface area contributed by atoms with E-state index in [9.17, 15) is 5.21 Å². The third-order valence-corrected chi connectivity index (χ3v) is 1.03. The fourth-order valence-corrected chi connectivity index (χ4v) is 0.597. The molecule has 5 nitrogen and oxygen atoms in total. The summed E-state index contributed by atoms with van der Waals surface area (Å²) >= 11 is 0. The van der Waals surface area contributed by atoms with Crippen molar-refractivity contribution in [2.45, 2.75) is 0 Å². The van der Waals surface area contributed by atoms with Gasteiger partial charge in [-0.15, -0.1) is 0 Å². The van der Waals surface area contributed by atoms with E-state index in [4.69, 9.17) is 5.73 Å². The Morgan fingerprint density at radius 1 is 1.80 bits per heavy atom. The third kappa shape index (κ3) is 1.07. The topological polar surface area (TPSA) is 77.9 Å². The van der Waals surface area contributed by atoms with E-state index in [2.05, 4.69) is 10.3 Å². The molecule has 0 fully saturated rings. The molecule has 0 aliphatic rings. The molecule has 0 amide bonds. The van der Waals surface area contributed by atoms with Crippen molar-refractivity contribution >= 4 is 11.6 Å². The number of hydrogen-bond donors (Lipinski definition) is 2. The number of aromatic nitrogens is 2. The van der Waals surface area contributed by atoms with Gasteiger partial charge in [0.15, 0.2) is 0 Å². The molecule has 3 N–H and O–H groups in total. The van der Waals surface area contributed by atoms with Gasteiger partial charge in [0.25, 0.3) is 0 Å². The van der Waals surface area contributed by atoms with Crippen LogP contribution in [-0.4, -0.2) is 12.0 Å². The molecule has 0 radical (unpaired) electrons. The molecule has 1 aromatic heterocycles. The standard InChI is InChI=1S/C5H8N4O/c1-7-5-8-2-4(6)3-9(5)10/h2-3H,6H2,1H3,(H,7,8). The van der Waals surface area contributed by atoms with E-state index in [-0.39, 0.29) is 5.95 Å². The SMILES string of the molecule is CNc1ncc(N)c[n+]1[O-]. The average Bonchev–Trinajstić information content (AvgIpc) is 1.88. The van der Waals surface area contributed by atoms with Crippen molar-refractivity contribution in [2.75, 3.05) is 18.1 Å². The van der Waals surface area contributed by atoms with Gasteiger partial charge in [-0.25, -0.2) is 4.73 Å². The predicted molar refractivity (Wildman–Crippen MR) is 37.2 cm³/mol. The van der Waals surface area contributed by atoms with Crippen molar-refractivity contribution in [3.05, 3.63) is 17.6 Å². The highest BCUT2D eigenvalue weighted by molar-refractivity contribution is 5.31. The fraction of sp³-hybridized carbons (Fsp3) is 0.200. The second-order valence-electron chi connectivity index (χ2n) is 1.79. The van der Waals surface area contributed by atoms with Crippen molar-refractivity contribution < 1.29 is 4.73 Å². The maximum absolute atomic E-state index is 10.8. The Balaban J connectivity index is 3.07. The zero-order valence-corrected chi connectivity index (χ0v) is 5.53. The number of rotatable bonds is 1. The van der Waals surface area contributed by atoms with Crippen molar-refractivity contribution in [1.29, 1.82) is 0 Å². The lowest BCUT2D eigenvalue weighted by Gasteiger charge is -2.05. The lowest BCUT2D eigenvalue weighted by molar-refractivity contribution is -0.592. The molecule has 0 saturated heterocycles. The van der Waals surface area contributed by atoms with Crippen LogP contribution in [-0.2, 0) is 0 Å². The second-order valence-corrected chi connectivity index (χ2v) is 1.79. The number of anilines is 2. The van der Waals surface area contributed by atoms with E-state index in [1.807, 2.05) is 0 Å². The Hall–Kier alpha value is -1.52. The Kier molecular flexibility index (Phi) is 1.57. The summed E-state index contributed by atoms with van der Waals surface area (Å²) in [5, 5.41) is 13.4. The zero-order valence-electron chi connectivity index (χ0n) is 5.53. The molecule has 0 atom stereocenters. The van der Waals surface area contributed by atoms with Gasteiger partial charge in [0.1, 0.15) is 6.20 Å². The van der Waals surface area contributed by atoms with Crippen molar-refractivity contribution in [3.63, 3.8) is 0 Å². The highest BCUT2D eigenvalue weighted by Gasteiger charge is 2.00. The Labute approximate surface area is 58.1 Å². The summed E-state index contributed by atoms with van der Waals surface area (Å²) in [4.78, 5) is 3.71. The van der Waals surface area contributed by atoms with E-state index < -0.39 is 0 Å². The lowest BCUT2D eigenvalue weighted by Crippen LogP contribution is -2.31. The zero-order chi connectivity index (χ0) is 7.56. The monoisotopic (exact) mass is 140 g/mol. The van der Waals surface area contributed by atoms with Gasteiger partial charge in [-0.3, -0.25) is 5.32 Å². The van der Waals surface area contributed by atoms with Crippen molar-refractivity contribution in [3.8, 4) is 0 Å². The van der Waals surface area contributed by atoms with Gasteiger partial charge in [-0.1, -0.05) is 4.98 Å². The normalized spacial score (nSPS) is 9.30. The Bertz CT molecular complexity index is 237. The molecule has 0 aromatic carbocycles. The first-order valence-corrected chi connectivity index (χ1v) is 2.76. The van der Waals surface area contributed by atoms with Gasteiger partial charge in [0.05, 0.1) is 18.9 Å². The van der Waals surface area contributed by atoms with Gasteiger partial charge in [0.2, 0.25) is 0 Å². The van der Waals surface area contributed by atoms with E-state index in [1.54, 1.807) is 7.05 Å². The molecule has 0 aliphatic heterocycles. The summed E-state index contributed by atoms with van der Waals surface area (Å²) in [6.07, 6.45) is 2.67. The first-order chi connectivity index (χ1) is 4.74. The van der Waals surface area contributed by atoms with Crippen LogP contribution in [0.5, 0.6) is 0 Å². The summed E-state index contributed by atoms with van der Waals surface area (Å²) in [7, 11) is 1.62. The summed E-state index contributed by atoms with van der Waals surface area (Å²) in [6, 6.07) is 0. The molecule has 0 saturated carbocycles. The highest BCUT2D eigenvalue weighted by Crippen LogP contribution is 1.95. The molecule has 1 rings (SSSR count). The minimum Gasteiger partial charge on any atom is -0.740 e. The van der Waals surface area contributed by atoms with Gasteiger partial charge in [-0.05, 0) is 0 Å². The fourth-order valence-electron chi connectivity index (χ4n) is 0.597. The van der Waals surface area contributed by atoms with E-state index in [0.29, 0.717) is 10.4 Å². The highest BCUT2D eigenvalue weighted by atomic mass is 16.5. The van der Waals surface area contributed by atoms with Crippen LogP contribution in [0.4, 0.5) is 11.6 Å². The maximum atomic E-state index is 10.8. The second kappa shape index (κ2) is 2.38. The van der Waals surface area contributed by atoms with Crippen LogP contribution in [0.1, 0.15) is 0 Å². The van der Waals surface area contributed by atoms with Crippen LogP contribution in [0.3, 0.4) is 0 Å². The van der Waals surface area contributed by atoms with Gasteiger partial charge >= 0.3 is 5.95 Å². The van der Waals surface area contributed by atoms with Gasteiger partial charge < -0.3 is 10.9 Å². The van der Waals surface area contributed by atoms with Crippen LogP contribution >= 0.6 is 0 Å². The summed E-state index contributed by atoms with van der Waals surface area (Å²) in [6.45, 7) is 0. The van der Waals surface area contributed by atoms with Crippen LogP contribution < -0.4 is 15.8 Å². The molecular weight excluding hydrogens is 132 g/mol. The number of hydrogen-bond acceptors (Lipinski definition) is 4. The van der Waals surface area contributed by atoms with Crippen molar-refractivity contribution in [1.82, 2.24) is 4.98 Å². The predicted octanol–water partition coefficient (Wildman–Crippen LogP) is -0.661. The third-order valence-electron chi connectivity index (χ3n) is 1.03. The minimum absolute atomic E-state index is 0.245. The minimum atomic E-state index is 0.245. The van der Waals surface area contributed by atoms with E-state index in [1.165, 1.54) is 12.4 Å². The number of nitrogens with two attached hydrogens (primary N) is 1.